The molecule has 0 unspecified atom stereocenters. The first kappa shape index (κ1) is 16.6. The molecule has 8 heteroatoms. The molecule has 0 bridgehead atoms. The van der Waals surface area contributed by atoms with Gasteiger partial charge < -0.3 is 4.52 Å². The fourth-order valence-corrected chi connectivity index (χ4v) is 3.82. The highest BCUT2D eigenvalue weighted by molar-refractivity contribution is 7.49. The van der Waals surface area contributed by atoms with Crippen LogP contribution >= 0.6 is 7.82 Å². The smallest absolute Gasteiger partial charge is 0.404 e. The van der Waals surface area contributed by atoms with Gasteiger partial charge >= 0.3 is 7.82 Å². The van der Waals surface area contributed by atoms with Gasteiger partial charge in [-0.2, -0.15) is 0 Å². The molecule has 2 aromatic carbocycles. The molecule has 0 saturated carbocycles. The Labute approximate surface area is 138 Å². The number of nitro groups is 1. The average Bonchev–Trinajstić information content (AvgIpc) is 2.55. The number of rotatable bonds is 4. The Kier molecular flexibility index (Phi) is 4.66. The summed E-state index contributed by atoms with van der Waals surface area (Å²) >= 11 is 0. The minimum Gasteiger partial charge on any atom is -0.404 e. The van der Waals surface area contributed by atoms with Gasteiger partial charge in [0.1, 0.15) is 5.75 Å². The Morgan fingerprint density at radius 3 is 2.67 bits per heavy atom. The third-order valence-electron chi connectivity index (χ3n) is 3.56. The van der Waals surface area contributed by atoms with E-state index in [1.807, 2.05) is 31.2 Å². The molecule has 1 heterocycles. The number of phosphoric acid groups is 1. The van der Waals surface area contributed by atoms with Gasteiger partial charge in [-0.3, -0.25) is 19.2 Å². The minimum atomic E-state index is -3.78. The first-order valence-corrected chi connectivity index (χ1v) is 8.85. The summed E-state index contributed by atoms with van der Waals surface area (Å²) in [7, 11) is -3.78. The maximum absolute atomic E-state index is 12.7. The van der Waals surface area contributed by atoms with E-state index in [9.17, 15) is 14.7 Å². The lowest BCUT2D eigenvalue weighted by Crippen LogP contribution is -2.16. The van der Waals surface area contributed by atoms with Gasteiger partial charge in [0.2, 0.25) is 0 Å². The summed E-state index contributed by atoms with van der Waals surface area (Å²) in [5.41, 5.74) is 1.91. The molecule has 1 aliphatic rings. The molecule has 7 nitrogen and oxygen atoms in total. The van der Waals surface area contributed by atoms with Crippen LogP contribution in [0.25, 0.3) is 0 Å². The van der Waals surface area contributed by atoms with Crippen LogP contribution in [0.4, 0.5) is 5.69 Å². The molecule has 2 aromatic rings. The highest BCUT2D eigenvalue weighted by Crippen LogP contribution is 2.56. The van der Waals surface area contributed by atoms with E-state index in [0.29, 0.717) is 6.42 Å². The zero-order valence-corrected chi connectivity index (χ0v) is 13.8. The highest BCUT2D eigenvalue weighted by atomic mass is 31.2. The number of phosphoric ester groups is 1. The fraction of sp³-hybridized carbons (Fsp3) is 0.250. The van der Waals surface area contributed by atoms with E-state index < -0.39 is 12.7 Å². The van der Waals surface area contributed by atoms with Crippen LogP contribution in [0.15, 0.2) is 48.5 Å². The SMILES string of the molecule is Cc1cccc([C@@H]2CCO[P@@](=O)(Oc3ccc([N+](=O)[O-])cc3)O2)c1. The predicted octanol–water partition coefficient (Wildman–Crippen LogP) is 4.57. The third kappa shape index (κ3) is 3.82. The van der Waals surface area contributed by atoms with Crippen LogP contribution in [0.3, 0.4) is 0 Å². The molecule has 24 heavy (non-hydrogen) atoms. The van der Waals surface area contributed by atoms with E-state index in [-0.39, 0.29) is 24.1 Å². The number of aryl methyl sites for hydroxylation is 1. The topological polar surface area (TPSA) is 87.9 Å². The number of hydrogen-bond acceptors (Lipinski definition) is 6. The summed E-state index contributed by atoms with van der Waals surface area (Å²) in [5, 5.41) is 10.7. The van der Waals surface area contributed by atoms with Gasteiger partial charge in [0.15, 0.2) is 0 Å². The molecular formula is C16H16NO6P. The Balaban J connectivity index is 1.75. The standard InChI is InChI=1S/C16H16NO6P/c1-12-3-2-4-13(11-12)16-9-10-21-24(20,23-16)22-15-7-5-14(6-8-15)17(18)19/h2-8,11,16H,9-10H2,1H3/t16-,24-/m0/s1. The second-order valence-corrected chi connectivity index (χ2v) is 6.97. The molecule has 126 valence electrons. The molecule has 0 spiro atoms. The molecule has 0 aliphatic carbocycles. The van der Waals surface area contributed by atoms with Gasteiger partial charge in [0.05, 0.1) is 17.6 Å². The number of hydrogen-bond donors (Lipinski definition) is 0. The molecule has 1 saturated heterocycles. The molecule has 0 amide bonds. The quantitative estimate of drug-likeness (QED) is 0.456. The Hall–Kier alpha value is -2.21. The summed E-state index contributed by atoms with van der Waals surface area (Å²) in [5.74, 6) is 0.189. The first-order valence-electron chi connectivity index (χ1n) is 7.39. The van der Waals surface area contributed by atoms with Crippen molar-refractivity contribution in [3.8, 4) is 5.75 Å². The number of nitrogens with zero attached hydrogens (tertiary/aromatic N) is 1. The molecule has 3 rings (SSSR count). The molecule has 2 atom stereocenters. The van der Waals surface area contributed by atoms with Crippen LogP contribution in [-0.4, -0.2) is 11.5 Å². The first-order chi connectivity index (χ1) is 11.5. The Morgan fingerprint density at radius 1 is 1.25 bits per heavy atom. The largest absolute Gasteiger partial charge is 0.530 e. The third-order valence-corrected chi connectivity index (χ3v) is 5.01. The van der Waals surface area contributed by atoms with E-state index in [1.165, 1.54) is 24.3 Å². The van der Waals surface area contributed by atoms with Gasteiger partial charge in [-0.25, -0.2) is 4.57 Å². The van der Waals surface area contributed by atoms with Crippen molar-refractivity contribution in [2.45, 2.75) is 19.4 Å². The lowest BCUT2D eigenvalue weighted by Gasteiger charge is -2.29. The van der Waals surface area contributed by atoms with Gasteiger partial charge in [-0.15, -0.1) is 0 Å². The van der Waals surface area contributed by atoms with Crippen LogP contribution in [0.1, 0.15) is 23.7 Å². The Morgan fingerprint density at radius 2 is 2.00 bits per heavy atom. The molecule has 1 aliphatic heterocycles. The van der Waals surface area contributed by atoms with Crippen LogP contribution in [-0.2, 0) is 13.6 Å². The van der Waals surface area contributed by atoms with E-state index in [0.717, 1.165) is 11.1 Å². The van der Waals surface area contributed by atoms with E-state index in [2.05, 4.69) is 0 Å². The highest BCUT2D eigenvalue weighted by Gasteiger charge is 2.37. The zero-order chi connectivity index (χ0) is 17.2. The van der Waals surface area contributed by atoms with Crippen LogP contribution < -0.4 is 4.52 Å². The maximum Gasteiger partial charge on any atom is 0.530 e. The second-order valence-electron chi connectivity index (χ2n) is 5.42. The van der Waals surface area contributed by atoms with Crippen molar-refractivity contribution in [2.24, 2.45) is 0 Å². The Bertz CT molecular complexity index is 791. The van der Waals surface area contributed by atoms with E-state index >= 15 is 0 Å². The van der Waals surface area contributed by atoms with E-state index in [4.69, 9.17) is 13.6 Å². The van der Waals surface area contributed by atoms with Crippen molar-refractivity contribution in [2.75, 3.05) is 6.61 Å². The van der Waals surface area contributed by atoms with Crippen LogP contribution in [0.2, 0.25) is 0 Å². The van der Waals surface area contributed by atoms with Gasteiger partial charge in [-0.05, 0) is 24.6 Å². The van der Waals surface area contributed by atoms with Crippen molar-refractivity contribution < 1.29 is 23.1 Å². The minimum absolute atomic E-state index is 0.0799. The molecular weight excluding hydrogens is 333 g/mol. The van der Waals surface area contributed by atoms with Crippen LogP contribution in [0, 0.1) is 17.0 Å². The van der Waals surface area contributed by atoms with Crippen molar-refractivity contribution in [1.29, 1.82) is 0 Å². The van der Waals surface area contributed by atoms with Crippen molar-refractivity contribution in [3.63, 3.8) is 0 Å². The van der Waals surface area contributed by atoms with E-state index in [1.54, 1.807) is 0 Å². The molecule has 0 aromatic heterocycles. The summed E-state index contributed by atoms with van der Waals surface area (Å²) in [6.07, 6.45) is 0.180. The lowest BCUT2D eigenvalue weighted by atomic mass is 10.0. The summed E-state index contributed by atoms with van der Waals surface area (Å²) in [6.45, 7) is 2.21. The molecule has 0 radical (unpaired) electrons. The fourth-order valence-electron chi connectivity index (χ4n) is 2.41. The van der Waals surface area contributed by atoms with Gasteiger partial charge in [-0.1, -0.05) is 29.8 Å². The summed E-state index contributed by atoms with van der Waals surface area (Å²) in [4.78, 5) is 10.1. The van der Waals surface area contributed by atoms with Gasteiger partial charge in [0.25, 0.3) is 5.69 Å². The molecule has 1 fully saturated rings. The number of nitro benzene ring substituents is 1. The summed E-state index contributed by atoms with van der Waals surface area (Å²) in [6, 6.07) is 13.0. The lowest BCUT2D eigenvalue weighted by molar-refractivity contribution is -0.384. The van der Waals surface area contributed by atoms with Crippen molar-refractivity contribution >= 4 is 13.5 Å². The van der Waals surface area contributed by atoms with Crippen LogP contribution in [0.5, 0.6) is 5.75 Å². The number of non-ortho nitro benzene ring substituents is 1. The number of benzene rings is 2. The second kappa shape index (κ2) is 6.73. The van der Waals surface area contributed by atoms with Crippen molar-refractivity contribution in [3.05, 3.63) is 69.8 Å². The molecule has 0 N–H and O–H groups in total. The predicted molar refractivity (Wildman–Crippen MR) is 86.9 cm³/mol. The maximum atomic E-state index is 12.7. The van der Waals surface area contributed by atoms with Gasteiger partial charge in [0, 0.05) is 18.6 Å². The zero-order valence-electron chi connectivity index (χ0n) is 13.0. The van der Waals surface area contributed by atoms with Crippen molar-refractivity contribution in [1.82, 2.24) is 0 Å². The normalized spacial score (nSPS) is 23.6. The monoisotopic (exact) mass is 349 g/mol. The average molecular weight is 349 g/mol. The summed E-state index contributed by atoms with van der Waals surface area (Å²) < 4.78 is 28.8.